The molecule has 1 saturated heterocycles. The van der Waals surface area contributed by atoms with Gasteiger partial charge in [0.05, 0.1) is 13.2 Å². The van der Waals surface area contributed by atoms with Gasteiger partial charge in [0.15, 0.2) is 5.96 Å². The fourth-order valence-corrected chi connectivity index (χ4v) is 5.17. The van der Waals surface area contributed by atoms with Crippen LogP contribution in [0.15, 0.2) is 4.99 Å². The van der Waals surface area contributed by atoms with Gasteiger partial charge in [-0.05, 0) is 49.9 Å². The molecule has 25 heavy (non-hydrogen) atoms. The lowest BCUT2D eigenvalue weighted by Gasteiger charge is -2.48. The van der Waals surface area contributed by atoms with Crippen molar-refractivity contribution in [1.82, 2.24) is 15.5 Å². The summed E-state index contributed by atoms with van der Waals surface area (Å²) >= 11 is 0. The van der Waals surface area contributed by atoms with Crippen molar-refractivity contribution in [2.75, 3.05) is 46.4 Å². The van der Waals surface area contributed by atoms with Crippen LogP contribution >= 0.6 is 0 Å². The van der Waals surface area contributed by atoms with Crippen LogP contribution < -0.4 is 10.6 Å². The van der Waals surface area contributed by atoms with Gasteiger partial charge < -0.3 is 15.4 Å². The van der Waals surface area contributed by atoms with E-state index in [9.17, 15) is 0 Å². The molecule has 0 atom stereocenters. The van der Waals surface area contributed by atoms with Gasteiger partial charge in [-0.25, -0.2) is 0 Å². The summed E-state index contributed by atoms with van der Waals surface area (Å²) in [6.45, 7) is 6.07. The van der Waals surface area contributed by atoms with Crippen molar-refractivity contribution in [2.45, 2.75) is 63.3 Å². The number of hydrogen-bond donors (Lipinski definition) is 2. The number of ether oxygens (including phenoxy) is 1. The van der Waals surface area contributed by atoms with E-state index in [1.807, 2.05) is 7.05 Å². The Labute approximate surface area is 153 Å². The minimum atomic E-state index is 0.299. The Kier molecular flexibility index (Phi) is 5.23. The third kappa shape index (κ3) is 3.97. The number of nitrogens with one attached hydrogen (secondary N) is 2. The Balaban J connectivity index is 1.32. The van der Waals surface area contributed by atoms with Gasteiger partial charge in [-0.3, -0.25) is 9.89 Å². The zero-order valence-electron chi connectivity index (χ0n) is 16.0. The first-order valence-electron chi connectivity index (χ1n) is 10.5. The predicted octanol–water partition coefficient (Wildman–Crippen LogP) is 2.38. The highest BCUT2D eigenvalue weighted by atomic mass is 16.5. The largest absolute Gasteiger partial charge is 0.379 e. The van der Waals surface area contributed by atoms with Gasteiger partial charge in [0.25, 0.3) is 0 Å². The molecule has 4 fully saturated rings. The first kappa shape index (κ1) is 17.6. The highest BCUT2D eigenvalue weighted by Crippen LogP contribution is 2.60. The molecular formula is C20H36N4O. The zero-order chi connectivity index (χ0) is 17.2. The Morgan fingerprint density at radius 2 is 1.68 bits per heavy atom. The standard InChI is InChI=1S/C20H36N4O/c1-21-18(22-15-19(9-10-19)17-5-6-17)23-16-20(7-3-2-4-8-20)24-11-13-25-14-12-24/h17H,2-16H2,1H3,(H2,21,22,23). The number of nitrogens with zero attached hydrogens (tertiary/aromatic N) is 2. The summed E-state index contributed by atoms with van der Waals surface area (Å²) in [7, 11) is 1.91. The quantitative estimate of drug-likeness (QED) is 0.572. The van der Waals surface area contributed by atoms with E-state index < -0.39 is 0 Å². The van der Waals surface area contributed by atoms with Crippen molar-refractivity contribution in [3.63, 3.8) is 0 Å². The van der Waals surface area contributed by atoms with Crippen molar-refractivity contribution in [2.24, 2.45) is 16.3 Å². The summed E-state index contributed by atoms with van der Waals surface area (Å²) in [5.41, 5.74) is 0.914. The molecule has 2 N–H and O–H groups in total. The molecule has 1 heterocycles. The summed E-state index contributed by atoms with van der Waals surface area (Å²) in [6.07, 6.45) is 12.5. The highest BCUT2D eigenvalue weighted by Gasteiger charge is 2.53. The molecule has 0 amide bonds. The van der Waals surface area contributed by atoms with Crippen molar-refractivity contribution in [3.05, 3.63) is 0 Å². The van der Waals surface area contributed by atoms with E-state index in [0.717, 1.165) is 51.3 Å². The van der Waals surface area contributed by atoms with Gasteiger partial charge in [0.2, 0.25) is 0 Å². The molecule has 0 aromatic rings. The fraction of sp³-hybridized carbons (Fsp3) is 0.950. The Morgan fingerprint density at radius 1 is 1.00 bits per heavy atom. The fourth-order valence-electron chi connectivity index (χ4n) is 5.17. The lowest BCUT2D eigenvalue weighted by Crippen LogP contribution is -2.60. The molecule has 0 aromatic heterocycles. The van der Waals surface area contributed by atoms with E-state index in [4.69, 9.17) is 4.74 Å². The normalized spacial score (nSPS) is 29.2. The molecule has 0 aromatic carbocycles. The first-order chi connectivity index (χ1) is 12.3. The topological polar surface area (TPSA) is 48.9 Å². The van der Waals surface area contributed by atoms with Crippen molar-refractivity contribution < 1.29 is 4.74 Å². The van der Waals surface area contributed by atoms with Gasteiger partial charge in [-0.15, -0.1) is 0 Å². The second kappa shape index (κ2) is 7.43. The van der Waals surface area contributed by atoms with E-state index >= 15 is 0 Å². The maximum Gasteiger partial charge on any atom is 0.191 e. The monoisotopic (exact) mass is 348 g/mol. The number of morpholine rings is 1. The Morgan fingerprint density at radius 3 is 2.28 bits per heavy atom. The maximum atomic E-state index is 5.60. The Bertz CT molecular complexity index is 472. The first-order valence-corrected chi connectivity index (χ1v) is 10.5. The number of rotatable bonds is 6. The van der Waals surface area contributed by atoms with Crippen molar-refractivity contribution >= 4 is 5.96 Å². The minimum absolute atomic E-state index is 0.299. The molecule has 4 aliphatic rings. The molecule has 3 saturated carbocycles. The van der Waals surface area contributed by atoms with Gasteiger partial charge in [-0.2, -0.15) is 0 Å². The summed E-state index contributed by atoms with van der Waals surface area (Å²) in [4.78, 5) is 7.21. The van der Waals surface area contributed by atoms with E-state index in [-0.39, 0.29) is 0 Å². The smallest absolute Gasteiger partial charge is 0.191 e. The summed E-state index contributed by atoms with van der Waals surface area (Å²) in [5.74, 6) is 2.00. The van der Waals surface area contributed by atoms with Crippen LogP contribution in [0.5, 0.6) is 0 Å². The van der Waals surface area contributed by atoms with Crippen LogP contribution in [-0.2, 0) is 4.74 Å². The van der Waals surface area contributed by atoms with E-state index in [1.54, 1.807) is 0 Å². The van der Waals surface area contributed by atoms with Crippen LogP contribution in [0.4, 0.5) is 0 Å². The molecular weight excluding hydrogens is 312 g/mol. The average molecular weight is 349 g/mol. The average Bonchev–Trinajstić information content (AvgIpc) is 3.57. The van der Waals surface area contributed by atoms with Crippen LogP contribution in [0.1, 0.15) is 57.8 Å². The summed E-state index contributed by atoms with van der Waals surface area (Å²) in [5, 5.41) is 7.34. The molecule has 0 unspecified atom stereocenters. The van der Waals surface area contributed by atoms with Gasteiger partial charge in [0, 0.05) is 38.8 Å². The molecule has 142 valence electrons. The molecule has 0 spiro atoms. The molecule has 5 heteroatoms. The van der Waals surface area contributed by atoms with Gasteiger partial charge in [0.1, 0.15) is 0 Å². The van der Waals surface area contributed by atoms with Crippen LogP contribution in [-0.4, -0.2) is 62.8 Å². The lowest BCUT2D eigenvalue weighted by molar-refractivity contribution is -0.0352. The van der Waals surface area contributed by atoms with E-state index in [1.165, 1.54) is 57.8 Å². The van der Waals surface area contributed by atoms with Crippen LogP contribution in [0.3, 0.4) is 0 Å². The van der Waals surface area contributed by atoms with Gasteiger partial charge >= 0.3 is 0 Å². The minimum Gasteiger partial charge on any atom is -0.379 e. The zero-order valence-corrected chi connectivity index (χ0v) is 16.0. The van der Waals surface area contributed by atoms with E-state index in [2.05, 4.69) is 20.5 Å². The van der Waals surface area contributed by atoms with Crippen molar-refractivity contribution in [1.29, 1.82) is 0 Å². The van der Waals surface area contributed by atoms with Gasteiger partial charge in [-0.1, -0.05) is 19.3 Å². The molecule has 0 radical (unpaired) electrons. The summed E-state index contributed by atoms with van der Waals surface area (Å²) in [6, 6.07) is 0. The lowest BCUT2D eigenvalue weighted by atomic mass is 9.80. The highest BCUT2D eigenvalue weighted by molar-refractivity contribution is 5.79. The molecule has 3 aliphatic carbocycles. The second-order valence-corrected chi connectivity index (χ2v) is 8.80. The molecule has 5 nitrogen and oxygen atoms in total. The number of aliphatic imine (C=N–C) groups is 1. The SMILES string of the molecule is CN=C(NCC1(C2CC2)CC1)NCC1(N2CCOCC2)CCCCC1. The molecule has 1 aliphatic heterocycles. The molecule has 4 rings (SSSR count). The third-order valence-electron chi connectivity index (χ3n) is 7.22. The molecule has 0 bridgehead atoms. The predicted molar refractivity (Wildman–Crippen MR) is 102 cm³/mol. The number of guanidine groups is 1. The van der Waals surface area contributed by atoms with Crippen LogP contribution in [0.25, 0.3) is 0 Å². The maximum absolute atomic E-state index is 5.60. The van der Waals surface area contributed by atoms with Crippen LogP contribution in [0, 0.1) is 11.3 Å². The number of hydrogen-bond acceptors (Lipinski definition) is 3. The van der Waals surface area contributed by atoms with Crippen molar-refractivity contribution in [3.8, 4) is 0 Å². The van der Waals surface area contributed by atoms with Crippen LogP contribution in [0.2, 0.25) is 0 Å². The third-order valence-corrected chi connectivity index (χ3v) is 7.22. The summed E-state index contributed by atoms with van der Waals surface area (Å²) < 4.78 is 5.60. The van der Waals surface area contributed by atoms with E-state index in [0.29, 0.717) is 11.0 Å². The Hall–Kier alpha value is -0.810. The second-order valence-electron chi connectivity index (χ2n) is 8.80.